The Labute approximate surface area is 128 Å². The van der Waals surface area contributed by atoms with Crippen molar-refractivity contribution >= 4 is 22.6 Å². The van der Waals surface area contributed by atoms with E-state index in [-0.39, 0.29) is 5.52 Å². The fourth-order valence-electron chi connectivity index (χ4n) is 3.40. The van der Waals surface area contributed by atoms with Gasteiger partial charge in [0.25, 0.3) is 0 Å². The highest BCUT2D eigenvalue weighted by atomic mass is 35.5. The molecule has 0 N–H and O–H groups in total. The van der Waals surface area contributed by atoms with E-state index in [0.717, 1.165) is 18.4 Å². The van der Waals surface area contributed by atoms with Gasteiger partial charge in [-0.3, -0.25) is 0 Å². The van der Waals surface area contributed by atoms with Gasteiger partial charge in [-0.1, -0.05) is 19.8 Å². The summed E-state index contributed by atoms with van der Waals surface area (Å²) in [5.41, 5.74) is 0.800. The van der Waals surface area contributed by atoms with Gasteiger partial charge in [-0.15, -0.1) is 11.6 Å². The summed E-state index contributed by atoms with van der Waals surface area (Å²) in [6, 6.07) is 2.27. The Morgan fingerprint density at radius 1 is 1.33 bits per heavy atom. The van der Waals surface area contributed by atoms with Gasteiger partial charge in [0.1, 0.15) is 17.2 Å². The number of imidazole rings is 1. The number of alkyl halides is 1. The summed E-state index contributed by atoms with van der Waals surface area (Å²) in [6.45, 7) is 3.02. The highest BCUT2D eigenvalue weighted by Crippen LogP contribution is 2.34. The molecule has 1 heterocycles. The largest absolute Gasteiger partial charge is 0.327 e. The molecule has 1 aliphatic carbocycles. The van der Waals surface area contributed by atoms with Gasteiger partial charge in [-0.25, -0.2) is 13.8 Å². The minimum atomic E-state index is -0.598. The highest BCUT2D eigenvalue weighted by molar-refractivity contribution is 6.17. The van der Waals surface area contributed by atoms with Crippen LogP contribution in [-0.2, 0) is 13.0 Å². The van der Waals surface area contributed by atoms with Crippen LogP contribution in [0.5, 0.6) is 0 Å². The van der Waals surface area contributed by atoms with Gasteiger partial charge >= 0.3 is 0 Å². The van der Waals surface area contributed by atoms with E-state index in [1.54, 1.807) is 0 Å². The first-order chi connectivity index (χ1) is 10.1. The molecule has 5 heteroatoms. The molecule has 1 aromatic carbocycles. The van der Waals surface area contributed by atoms with Crippen molar-refractivity contribution in [1.82, 2.24) is 9.55 Å². The Balaban J connectivity index is 2.06. The number of benzene rings is 1. The van der Waals surface area contributed by atoms with Crippen LogP contribution in [0.1, 0.15) is 32.0 Å². The first-order valence-corrected chi connectivity index (χ1v) is 8.03. The average Bonchev–Trinajstić information content (AvgIpc) is 2.97. The van der Waals surface area contributed by atoms with E-state index in [2.05, 4.69) is 11.9 Å². The fourth-order valence-corrected chi connectivity index (χ4v) is 3.57. The van der Waals surface area contributed by atoms with Crippen LogP contribution in [-0.4, -0.2) is 15.4 Å². The van der Waals surface area contributed by atoms with Crippen molar-refractivity contribution < 1.29 is 8.78 Å². The highest BCUT2D eigenvalue weighted by Gasteiger charge is 2.26. The molecule has 0 aliphatic heterocycles. The van der Waals surface area contributed by atoms with Crippen LogP contribution in [0.25, 0.3) is 11.0 Å². The molecular weight excluding hydrogens is 294 g/mol. The van der Waals surface area contributed by atoms with Crippen molar-refractivity contribution in [2.75, 3.05) is 5.88 Å². The lowest BCUT2D eigenvalue weighted by atomic mass is 9.98. The van der Waals surface area contributed by atoms with E-state index in [9.17, 15) is 8.78 Å². The summed E-state index contributed by atoms with van der Waals surface area (Å²) in [6.07, 6.45) is 4.19. The summed E-state index contributed by atoms with van der Waals surface area (Å²) in [5.74, 6) is 1.21. The Bertz CT molecular complexity index is 653. The Kier molecular flexibility index (Phi) is 4.16. The normalized spacial score (nSPS) is 22.3. The molecule has 21 heavy (non-hydrogen) atoms. The van der Waals surface area contributed by atoms with E-state index in [0.29, 0.717) is 29.7 Å². The third-order valence-corrected chi connectivity index (χ3v) is 4.81. The summed E-state index contributed by atoms with van der Waals surface area (Å²) in [4.78, 5) is 4.35. The molecule has 1 fully saturated rings. The Hall–Kier alpha value is -1.16. The zero-order chi connectivity index (χ0) is 15.0. The quantitative estimate of drug-likeness (QED) is 0.758. The van der Waals surface area contributed by atoms with Crippen molar-refractivity contribution in [3.8, 4) is 0 Å². The molecule has 2 unspecified atom stereocenters. The molecule has 2 atom stereocenters. The molecule has 1 aromatic heterocycles. The van der Waals surface area contributed by atoms with Gasteiger partial charge < -0.3 is 4.57 Å². The Morgan fingerprint density at radius 3 is 2.81 bits per heavy atom. The van der Waals surface area contributed by atoms with Crippen LogP contribution in [0.4, 0.5) is 8.78 Å². The van der Waals surface area contributed by atoms with Crippen LogP contribution in [0, 0.1) is 23.5 Å². The molecule has 2 nitrogen and oxygen atoms in total. The maximum absolute atomic E-state index is 13.9. The number of nitrogens with zero attached hydrogens (tertiary/aromatic N) is 2. The van der Waals surface area contributed by atoms with Crippen molar-refractivity contribution in [2.45, 2.75) is 39.2 Å². The van der Waals surface area contributed by atoms with E-state index in [1.165, 1.54) is 25.3 Å². The van der Waals surface area contributed by atoms with Gasteiger partial charge in [0.2, 0.25) is 0 Å². The first-order valence-electron chi connectivity index (χ1n) is 7.50. The predicted octanol–water partition coefficient (Wildman–Crippen LogP) is 4.53. The molecule has 0 radical (unpaired) electrons. The van der Waals surface area contributed by atoms with Crippen molar-refractivity contribution in [3.05, 3.63) is 29.6 Å². The predicted molar refractivity (Wildman–Crippen MR) is 80.6 cm³/mol. The lowest BCUT2D eigenvalue weighted by Gasteiger charge is -2.18. The SMILES string of the molecule is CC1CCCC1Cn1c(CCCl)nc2c(F)cc(F)cc21. The number of halogens is 3. The van der Waals surface area contributed by atoms with Crippen molar-refractivity contribution in [1.29, 1.82) is 0 Å². The molecule has 0 amide bonds. The lowest BCUT2D eigenvalue weighted by molar-refractivity contribution is 0.363. The molecule has 0 bridgehead atoms. The van der Waals surface area contributed by atoms with Crippen molar-refractivity contribution in [2.24, 2.45) is 11.8 Å². The van der Waals surface area contributed by atoms with Gasteiger partial charge in [0.15, 0.2) is 5.82 Å². The number of hydrogen-bond donors (Lipinski definition) is 0. The molecular formula is C16H19ClF2N2. The zero-order valence-electron chi connectivity index (χ0n) is 12.1. The minimum Gasteiger partial charge on any atom is -0.327 e. The van der Waals surface area contributed by atoms with Crippen LogP contribution in [0.3, 0.4) is 0 Å². The smallest absolute Gasteiger partial charge is 0.153 e. The monoisotopic (exact) mass is 312 g/mol. The first kappa shape index (κ1) is 14.8. The summed E-state index contributed by atoms with van der Waals surface area (Å²) in [5, 5.41) is 0. The van der Waals surface area contributed by atoms with Crippen LogP contribution in [0.2, 0.25) is 0 Å². The second kappa shape index (κ2) is 5.91. The summed E-state index contributed by atoms with van der Waals surface area (Å²) in [7, 11) is 0. The summed E-state index contributed by atoms with van der Waals surface area (Å²) >= 11 is 5.83. The molecule has 114 valence electrons. The van der Waals surface area contributed by atoms with Crippen LogP contribution in [0.15, 0.2) is 12.1 Å². The Morgan fingerprint density at radius 2 is 2.14 bits per heavy atom. The van der Waals surface area contributed by atoms with E-state index in [1.807, 2.05) is 4.57 Å². The maximum atomic E-state index is 13.9. The van der Waals surface area contributed by atoms with E-state index < -0.39 is 11.6 Å². The van der Waals surface area contributed by atoms with Gasteiger partial charge in [-0.2, -0.15) is 0 Å². The number of fused-ring (bicyclic) bond motifs is 1. The number of rotatable bonds is 4. The molecule has 2 aromatic rings. The third-order valence-electron chi connectivity index (χ3n) is 4.63. The van der Waals surface area contributed by atoms with Gasteiger partial charge in [0, 0.05) is 24.9 Å². The second-order valence-electron chi connectivity index (χ2n) is 6.00. The average molecular weight is 313 g/mol. The fraction of sp³-hybridized carbons (Fsp3) is 0.562. The number of aryl methyl sites for hydroxylation is 1. The third kappa shape index (κ3) is 2.78. The minimum absolute atomic E-state index is 0.252. The zero-order valence-corrected chi connectivity index (χ0v) is 12.8. The summed E-state index contributed by atoms with van der Waals surface area (Å²) < 4.78 is 29.4. The number of hydrogen-bond acceptors (Lipinski definition) is 1. The second-order valence-corrected chi connectivity index (χ2v) is 6.38. The van der Waals surface area contributed by atoms with Gasteiger partial charge in [-0.05, 0) is 24.3 Å². The maximum Gasteiger partial charge on any atom is 0.153 e. The standard InChI is InChI=1S/C16H19ClF2N2/c1-10-3-2-4-11(10)9-21-14-8-12(18)7-13(19)16(14)20-15(21)5-6-17/h7-8,10-11H,2-6,9H2,1H3. The van der Waals surface area contributed by atoms with Crippen LogP contribution >= 0.6 is 11.6 Å². The van der Waals surface area contributed by atoms with Crippen LogP contribution < -0.4 is 0 Å². The molecule has 3 rings (SSSR count). The topological polar surface area (TPSA) is 17.8 Å². The van der Waals surface area contributed by atoms with Crippen molar-refractivity contribution in [3.63, 3.8) is 0 Å². The van der Waals surface area contributed by atoms with E-state index >= 15 is 0 Å². The number of aromatic nitrogens is 2. The molecule has 0 spiro atoms. The molecule has 0 saturated heterocycles. The lowest BCUT2D eigenvalue weighted by Crippen LogP contribution is -2.15. The van der Waals surface area contributed by atoms with E-state index in [4.69, 9.17) is 11.6 Å². The molecule has 1 saturated carbocycles. The van der Waals surface area contributed by atoms with Gasteiger partial charge in [0.05, 0.1) is 5.52 Å². The molecule has 1 aliphatic rings.